The highest BCUT2D eigenvalue weighted by molar-refractivity contribution is 6.29. The molecule has 1 heterocycles. The Morgan fingerprint density at radius 1 is 1.24 bits per heavy atom. The average molecular weight is 307 g/mol. The molecular weight excluding hydrogens is 292 g/mol. The third-order valence-corrected chi connectivity index (χ3v) is 3.04. The molecule has 0 unspecified atom stereocenters. The van der Waals surface area contributed by atoms with E-state index in [0.717, 1.165) is 11.3 Å². The van der Waals surface area contributed by atoms with Gasteiger partial charge in [-0.2, -0.15) is 0 Å². The molecule has 21 heavy (non-hydrogen) atoms. The molecule has 0 saturated carbocycles. The van der Waals surface area contributed by atoms with E-state index in [1.807, 2.05) is 24.3 Å². The van der Waals surface area contributed by atoms with Crippen LogP contribution in [0.3, 0.4) is 0 Å². The van der Waals surface area contributed by atoms with Gasteiger partial charge in [-0.05, 0) is 29.8 Å². The van der Waals surface area contributed by atoms with Crippen molar-refractivity contribution in [1.29, 1.82) is 0 Å². The fourth-order valence-corrected chi connectivity index (χ4v) is 1.97. The van der Waals surface area contributed by atoms with Gasteiger partial charge in [0.1, 0.15) is 16.7 Å². The number of pyridine rings is 1. The van der Waals surface area contributed by atoms with Crippen molar-refractivity contribution in [3.8, 4) is 5.75 Å². The lowest BCUT2D eigenvalue weighted by Crippen LogP contribution is -2.06. The largest absolute Gasteiger partial charge is 0.497 e. The van der Waals surface area contributed by atoms with E-state index in [9.17, 15) is 4.79 Å². The Bertz CT molecular complexity index is 629. The molecule has 0 saturated heterocycles. The van der Waals surface area contributed by atoms with Crippen LogP contribution in [0.15, 0.2) is 36.4 Å². The second-order valence-electron chi connectivity index (χ2n) is 4.26. The molecule has 0 aliphatic heterocycles. The number of nitrogens with zero attached hydrogens (tertiary/aromatic N) is 1. The zero-order valence-electron chi connectivity index (χ0n) is 11.7. The van der Waals surface area contributed by atoms with Crippen molar-refractivity contribution in [3.63, 3.8) is 0 Å². The first kappa shape index (κ1) is 15.1. The lowest BCUT2D eigenvalue weighted by molar-refractivity contribution is 0.0600. The fraction of sp³-hybridized carbons (Fsp3) is 0.200. The van der Waals surface area contributed by atoms with Crippen molar-refractivity contribution in [2.45, 2.75) is 6.54 Å². The van der Waals surface area contributed by atoms with Gasteiger partial charge in [0.2, 0.25) is 0 Å². The number of nitrogens with one attached hydrogen (secondary N) is 1. The van der Waals surface area contributed by atoms with Crippen LogP contribution in [0.5, 0.6) is 5.75 Å². The van der Waals surface area contributed by atoms with Crippen molar-refractivity contribution in [1.82, 2.24) is 4.98 Å². The van der Waals surface area contributed by atoms with Gasteiger partial charge in [-0.1, -0.05) is 23.7 Å². The van der Waals surface area contributed by atoms with Crippen LogP contribution in [0.1, 0.15) is 15.9 Å². The molecule has 0 spiro atoms. The summed E-state index contributed by atoms with van der Waals surface area (Å²) in [5.74, 6) is 0.859. The predicted molar refractivity (Wildman–Crippen MR) is 80.9 cm³/mol. The van der Waals surface area contributed by atoms with Crippen LogP contribution >= 0.6 is 11.6 Å². The first-order valence-electron chi connectivity index (χ1n) is 6.25. The summed E-state index contributed by atoms with van der Waals surface area (Å²) >= 11 is 5.90. The van der Waals surface area contributed by atoms with Crippen molar-refractivity contribution in [2.24, 2.45) is 0 Å². The van der Waals surface area contributed by atoms with Gasteiger partial charge in [0.25, 0.3) is 0 Å². The van der Waals surface area contributed by atoms with E-state index in [1.165, 1.54) is 13.2 Å². The van der Waals surface area contributed by atoms with E-state index in [0.29, 0.717) is 17.9 Å². The molecule has 5 nitrogen and oxygen atoms in total. The Hall–Kier alpha value is -2.27. The molecule has 0 bridgehead atoms. The summed E-state index contributed by atoms with van der Waals surface area (Å²) in [6.07, 6.45) is 0. The highest BCUT2D eigenvalue weighted by atomic mass is 35.5. The molecule has 0 radical (unpaired) electrons. The van der Waals surface area contributed by atoms with E-state index in [-0.39, 0.29) is 5.15 Å². The highest BCUT2D eigenvalue weighted by Crippen LogP contribution is 2.17. The summed E-state index contributed by atoms with van der Waals surface area (Å²) in [7, 11) is 2.94. The molecule has 6 heteroatoms. The van der Waals surface area contributed by atoms with Gasteiger partial charge in [-0.25, -0.2) is 9.78 Å². The maximum atomic E-state index is 11.5. The van der Waals surface area contributed by atoms with Crippen LogP contribution in [0, 0.1) is 0 Å². The summed E-state index contributed by atoms with van der Waals surface area (Å²) in [6, 6.07) is 10.7. The molecule has 0 aliphatic carbocycles. The maximum Gasteiger partial charge on any atom is 0.338 e. The summed E-state index contributed by atoms with van der Waals surface area (Å²) in [5, 5.41) is 3.35. The third kappa shape index (κ3) is 4.10. The Morgan fingerprint density at radius 3 is 2.57 bits per heavy atom. The second kappa shape index (κ2) is 6.95. The van der Waals surface area contributed by atoms with Gasteiger partial charge in [0, 0.05) is 6.54 Å². The number of rotatable bonds is 5. The third-order valence-electron chi connectivity index (χ3n) is 2.85. The topological polar surface area (TPSA) is 60.5 Å². The minimum atomic E-state index is -0.452. The number of hydrogen-bond acceptors (Lipinski definition) is 5. The molecule has 0 fully saturated rings. The number of carbonyl (C=O) groups excluding carboxylic acids is 1. The Labute approximate surface area is 127 Å². The minimum absolute atomic E-state index is 0.232. The molecule has 2 aromatic rings. The van der Waals surface area contributed by atoms with Crippen LogP contribution < -0.4 is 10.1 Å². The minimum Gasteiger partial charge on any atom is -0.497 e. The molecule has 0 amide bonds. The van der Waals surface area contributed by atoms with Crippen molar-refractivity contribution >= 4 is 23.4 Å². The van der Waals surface area contributed by atoms with Gasteiger partial charge in [-0.3, -0.25) is 0 Å². The first-order valence-corrected chi connectivity index (χ1v) is 6.63. The highest BCUT2D eigenvalue weighted by Gasteiger charge is 2.09. The number of hydrogen-bond donors (Lipinski definition) is 1. The summed E-state index contributed by atoms with van der Waals surface area (Å²) in [4.78, 5) is 15.6. The zero-order chi connectivity index (χ0) is 15.2. The maximum absolute atomic E-state index is 11.5. The molecular formula is C15H15ClN2O3. The van der Waals surface area contributed by atoms with E-state index in [1.54, 1.807) is 13.2 Å². The van der Waals surface area contributed by atoms with Crippen molar-refractivity contribution in [3.05, 3.63) is 52.7 Å². The number of methoxy groups -OCH3 is 2. The quantitative estimate of drug-likeness (QED) is 0.679. The number of halogens is 1. The predicted octanol–water partition coefficient (Wildman–Crippen LogP) is 3.14. The second-order valence-corrected chi connectivity index (χ2v) is 4.64. The van der Waals surface area contributed by atoms with Crippen LogP contribution in [-0.2, 0) is 11.3 Å². The van der Waals surface area contributed by atoms with E-state index in [2.05, 4.69) is 15.0 Å². The Balaban J connectivity index is 2.08. The van der Waals surface area contributed by atoms with Crippen LogP contribution in [0.25, 0.3) is 0 Å². The van der Waals surface area contributed by atoms with Gasteiger partial charge in [0.05, 0.1) is 19.8 Å². The molecule has 1 aromatic carbocycles. The van der Waals surface area contributed by atoms with Crippen molar-refractivity contribution in [2.75, 3.05) is 19.5 Å². The van der Waals surface area contributed by atoms with Gasteiger partial charge in [0.15, 0.2) is 0 Å². The molecule has 0 aliphatic rings. The lowest BCUT2D eigenvalue weighted by atomic mass is 10.2. The number of anilines is 1. The number of carbonyl (C=O) groups is 1. The smallest absolute Gasteiger partial charge is 0.338 e. The number of ether oxygens (including phenoxy) is 2. The standard InChI is InChI=1S/C15H15ClN2O3/c1-20-12-5-3-10(4-6-12)9-17-14-8-11(15(19)21-2)7-13(16)18-14/h3-8H,9H2,1-2H3,(H,17,18). The van der Waals surface area contributed by atoms with Crippen LogP contribution in [-0.4, -0.2) is 25.2 Å². The lowest BCUT2D eigenvalue weighted by Gasteiger charge is -2.08. The number of aromatic nitrogens is 1. The Morgan fingerprint density at radius 2 is 1.95 bits per heavy atom. The fourth-order valence-electron chi connectivity index (χ4n) is 1.76. The monoisotopic (exact) mass is 306 g/mol. The van der Waals surface area contributed by atoms with E-state index < -0.39 is 5.97 Å². The number of esters is 1. The summed E-state index contributed by atoms with van der Waals surface area (Å²) in [6.45, 7) is 0.554. The van der Waals surface area contributed by atoms with Crippen molar-refractivity contribution < 1.29 is 14.3 Å². The van der Waals surface area contributed by atoms with Crippen LogP contribution in [0.2, 0.25) is 5.15 Å². The number of benzene rings is 1. The molecule has 110 valence electrons. The van der Waals surface area contributed by atoms with Crippen LogP contribution in [0.4, 0.5) is 5.82 Å². The van der Waals surface area contributed by atoms with E-state index in [4.69, 9.17) is 16.3 Å². The molecule has 0 atom stereocenters. The van der Waals surface area contributed by atoms with Gasteiger partial charge < -0.3 is 14.8 Å². The summed E-state index contributed by atoms with van der Waals surface area (Å²) in [5.41, 5.74) is 1.41. The van der Waals surface area contributed by atoms with E-state index >= 15 is 0 Å². The van der Waals surface area contributed by atoms with Gasteiger partial charge in [-0.15, -0.1) is 0 Å². The SMILES string of the molecule is COC(=O)c1cc(Cl)nc(NCc2ccc(OC)cc2)c1. The van der Waals surface area contributed by atoms with Gasteiger partial charge >= 0.3 is 5.97 Å². The molecule has 1 aromatic heterocycles. The zero-order valence-corrected chi connectivity index (χ0v) is 12.5. The first-order chi connectivity index (χ1) is 10.1. The average Bonchev–Trinajstić information content (AvgIpc) is 2.52. The normalized spacial score (nSPS) is 10.0. The Kier molecular flexibility index (Phi) is 5.00. The molecule has 1 N–H and O–H groups in total. The molecule has 2 rings (SSSR count). The summed E-state index contributed by atoms with van der Waals surface area (Å²) < 4.78 is 9.77.